The highest BCUT2D eigenvalue weighted by molar-refractivity contribution is 5.79. The maximum atomic E-state index is 13.5. The van der Waals surface area contributed by atoms with E-state index in [1.54, 1.807) is 13.2 Å². The maximum Gasteiger partial charge on any atom is 0.213 e. The molecule has 1 aromatic carbocycles. The smallest absolute Gasteiger partial charge is 0.213 e. The third-order valence-electron chi connectivity index (χ3n) is 3.47. The van der Waals surface area contributed by atoms with E-state index in [0.717, 1.165) is 17.9 Å². The summed E-state index contributed by atoms with van der Waals surface area (Å²) in [4.78, 5) is 8.31. The molecule has 0 bridgehead atoms. The van der Waals surface area contributed by atoms with Gasteiger partial charge >= 0.3 is 0 Å². The van der Waals surface area contributed by atoms with Crippen molar-refractivity contribution in [1.82, 2.24) is 15.6 Å². The Morgan fingerprint density at radius 2 is 2.04 bits per heavy atom. The summed E-state index contributed by atoms with van der Waals surface area (Å²) in [6, 6.07) is 3.19. The Balaban J connectivity index is 1.75. The van der Waals surface area contributed by atoms with Gasteiger partial charge < -0.3 is 19.8 Å². The van der Waals surface area contributed by atoms with Crippen LogP contribution in [-0.4, -0.2) is 31.1 Å². The van der Waals surface area contributed by atoms with Crippen molar-refractivity contribution in [2.75, 3.05) is 20.2 Å². The van der Waals surface area contributed by atoms with E-state index in [-0.39, 0.29) is 17.8 Å². The number of aromatic nitrogens is 1. The monoisotopic (exact) mass is 366 g/mol. The van der Waals surface area contributed by atoms with Crippen molar-refractivity contribution in [1.29, 1.82) is 0 Å². The van der Waals surface area contributed by atoms with Gasteiger partial charge in [0.15, 0.2) is 17.5 Å². The topological polar surface area (TPSA) is 71.7 Å². The van der Waals surface area contributed by atoms with E-state index < -0.39 is 11.6 Å². The second-order valence-electron chi connectivity index (χ2n) is 6.64. The van der Waals surface area contributed by atoms with Gasteiger partial charge in [-0.05, 0) is 12.1 Å². The van der Waals surface area contributed by atoms with Crippen LogP contribution in [0.2, 0.25) is 0 Å². The molecule has 6 nitrogen and oxygen atoms in total. The van der Waals surface area contributed by atoms with E-state index in [1.165, 1.54) is 6.07 Å². The Labute approximate surface area is 151 Å². The lowest BCUT2D eigenvalue weighted by molar-refractivity contribution is 0.304. The van der Waals surface area contributed by atoms with Crippen molar-refractivity contribution in [2.24, 2.45) is 4.99 Å². The number of ether oxygens (including phenoxy) is 1. The first-order valence-electron chi connectivity index (χ1n) is 8.27. The number of rotatable bonds is 6. The molecule has 0 atom stereocenters. The van der Waals surface area contributed by atoms with E-state index in [1.807, 2.05) is 0 Å². The number of nitrogens with one attached hydrogen (secondary N) is 2. The predicted molar refractivity (Wildman–Crippen MR) is 95.3 cm³/mol. The van der Waals surface area contributed by atoms with Crippen molar-refractivity contribution in [2.45, 2.75) is 32.7 Å². The van der Waals surface area contributed by atoms with Crippen LogP contribution in [0.15, 0.2) is 33.8 Å². The first-order chi connectivity index (χ1) is 12.3. The molecular weight excluding hydrogens is 342 g/mol. The molecular formula is C18H24F2N4O2. The Bertz CT molecular complexity index is 754. The first-order valence-corrected chi connectivity index (χ1v) is 8.27. The van der Waals surface area contributed by atoms with Crippen LogP contribution in [0, 0.1) is 11.6 Å². The molecule has 1 heterocycles. The molecule has 8 heteroatoms. The maximum absolute atomic E-state index is 13.5. The van der Waals surface area contributed by atoms with Gasteiger partial charge in [-0.25, -0.2) is 13.8 Å². The fourth-order valence-corrected chi connectivity index (χ4v) is 2.04. The van der Waals surface area contributed by atoms with E-state index in [9.17, 15) is 8.78 Å². The number of oxazole rings is 1. The lowest BCUT2D eigenvalue weighted by Crippen LogP contribution is -2.39. The number of nitrogens with zero attached hydrogens (tertiary/aromatic N) is 2. The van der Waals surface area contributed by atoms with Gasteiger partial charge in [-0.1, -0.05) is 20.8 Å². The third-order valence-corrected chi connectivity index (χ3v) is 3.47. The van der Waals surface area contributed by atoms with E-state index in [4.69, 9.17) is 9.15 Å². The van der Waals surface area contributed by atoms with Crippen molar-refractivity contribution < 1.29 is 17.9 Å². The minimum Gasteiger partial charge on any atom is -0.489 e. The molecule has 0 aliphatic carbocycles. The van der Waals surface area contributed by atoms with Crippen LogP contribution in [0.25, 0.3) is 0 Å². The molecule has 2 rings (SSSR count). The zero-order valence-corrected chi connectivity index (χ0v) is 15.4. The Morgan fingerprint density at radius 1 is 1.27 bits per heavy atom. The first kappa shape index (κ1) is 19.7. The molecule has 2 aromatic rings. The molecule has 0 fully saturated rings. The minimum absolute atomic E-state index is 0.00522. The largest absolute Gasteiger partial charge is 0.489 e. The average molecular weight is 366 g/mol. The SMILES string of the molecule is CN=C(NCCOc1ccc(F)cc1F)NCc1ncc(C(C)(C)C)o1. The number of hydrogen-bond donors (Lipinski definition) is 2. The summed E-state index contributed by atoms with van der Waals surface area (Å²) in [7, 11) is 1.63. The number of guanidine groups is 1. The molecule has 1 aromatic heterocycles. The summed E-state index contributed by atoms with van der Waals surface area (Å²) in [6.45, 7) is 7.11. The molecule has 0 aliphatic heterocycles. The summed E-state index contributed by atoms with van der Waals surface area (Å²) < 4.78 is 37.3. The highest BCUT2D eigenvalue weighted by atomic mass is 19.1. The molecule has 0 saturated heterocycles. The van der Waals surface area contributed by atoms with Gasteiger partial charge in [0.1, 0.15) is 18.2 Å². The van der Waals surface area contributed by atoms with Crippen LogP contribution < -0.4 is 15.4 Å². The molecule has 0 unspecified atom stereocenters. The zero-order chi connectivity index (χ0) is 19.2. The summed E-state index contributed by atoms with van der Waals surface area (Å²) in [5.41, 5.74) is -0.0991. The quantitative estimate of drug-likeness (QED) is 0.467. The van der Waals surface area contributed by atoms with Crippen LogP contribution in [0.4, 0.5) is 8.78 Å². The van der Waals surface area contributed by atoms with E-state index in [0.29, 0.717) is 24.9 Å². The molecule has 0 radical (unpaired) electrons. The standard InChI is InChI=1S/C18H24F2N4O2/c1-18(2,3)15-10-23-16(26-15)11-24-17(21-4)22-7-8-25-14-6-5-12(19)9-13(14)20/h5-6,9-10H,7-8,11H2,1-4H3,(H2,21,22,24). The fourth-order valence-electron chi connectivity index (χ4n) is 2.04. The van der Waals surface area contributed by atoms with Gasteiger partial charge in [-0.2, -0.15) is 0 Å². The van der Waals surface area contributed by atoms with Gasteiger partial charge in [-0.3, -0.25) is 4.99 Å². The van der Waals surface area contributed by atoms with Gasteiger partial charge in [-0.15, -0.1) is 0 Å². The lowest BCUT2D eigenvalue weighted by atomic mass is 9.94. The lowest BCUT2D eigenvalue weighted by Gasteiger charge is -2.13. The van der Waals surface area contributed by atoms with Crippen molar-refractivity contribution in [3.05, 3.63) is 47.7 Å². The molecule has 0 aliphatic rings. The molecule has 0 spiro atoms. The van der Waals surface area contributed by atoms with Gasteiger partial charge in [0.05, 0.1) is 19.3 Å². The summed E-state index contributed by atoms with van der Waals surface area (Å²) >= 11 is 0. The summed E-state index contributed by atoms with van der Waals surface area (Å²) in [5.74, 6) is 0.536. The third kappa shape index (κ3) is 5.72. The van der Waals surface area contributed by atoms with Gasteiger partial charge in [0, 0.05) is 18.5 Å². The van der Waals surface area contributed by atoms with Crippen LogP contribution in [0.3, 0.4) is 0 Å². The van der Waals surface area contributed by atoms with Gasteiger partial charge in [0.25, 0.3) is 0 Å². The molecule has 26 heavy (non-hydrogen) atoms. The Hall–Kier alpha value is -2.64. The molecule has 0 amide bonds. The van der Waals surface area contributed by atoms with E-state index in [2.05, 4.69) is 41.4 Å². The number of aliphatic imine (C=N–C) groups is 1. The Morgan fingerprint density at radius 3 is 2.65 bits per heavy atom. The molecule has 2 N–H and O–H groups in total. The summed E-state index contributed by atoms with van der Waals surface area (Å²) in [6.07, 6.45) is 1.72. The average Bonchev–Trinajstić information content (AvgIpc) is 3.05. The van der Waals surface area contributed by atoms with Crippen molar-refractivity contribution in [3.63, 3.8) is 0 Å². The van der Waals surface area contributed by atoms with Crippen LogP contribution in [0.1, 0.15) is 32.4 Å². The number of halogens is 2. The fraction of sp³-hybridized carbons (Fsp3) is 0.444. The normalized spacial score (nSPS) is 12.2. The van der Waals surface area contributed by atoms with Crippen molar-refractivity contribution in [3.8, 4) is 5.75 Å². The molecule has 142 valence electrons. The van der Waals surface area contributed by atoms with E-state index >= 15 is 0 Å². The number of benzene rings is 1. The van der Waals surface area contributed by atoms with Crippen LogP contribution >= 0.6 is 0 Å². The van der Waals surface area contributed by atoms with Crippen LogP contribution in [0.5, 0.6) is 5.75 Å². The second kappa shape index (κ2) is 8.64. The second-order valence-corrected chi connectivity index (χ2v) is 6.64. The molecule has 0 saturated carbocycles. The number of hydrogen-bond acceptors (Lipinski definition) is 4. The Kier molecular flexibility index (Phi) is 6.54. The summed E-state index contributed by atoms with van der Waals surface area (Å²) in [5, 5.41) is 6.10. The predicted octanol–water partition coefficient (Wildman–Crippen LogP) is 2.99. The zero-order valence-electron chi connectivity index (χ0n) is 15.4. The van der Waals surface area contributed by atoms with Crippen molar-refractivity contribution >= 4 is 5.96 Å². The van der Waals surface area contributed by atoms with Crippen LogP contribution in [-0.2, 0) is 12.0 Å². The van der Waals surface area contributed by atoms with Gasteiger partial charge in [0.2, 0.25) is 5.89 Å². The highest BCUT2D eigenvalue weighted by Gasteiger charge is 2.19. The highest BCUT2D eigenvalue weighted by Crippen LogP contribution is 2.22. The minimum atomic E-state index is -0.731.